The molecule has 0 spiro atoms. The average Bonchev–Trinajstić information content (AvgIpc) is 2.71. The van der Waals surface area contributed by atoms with E-state index in [9.17, 15) is 14.0 Å². The molecule has 1 aromatic heterocycles. The second-order valence-corrected chi connectivity index (χ2v) is 6.36. The van der Waals surface area contributed by atoms with E-state index >= 15 is 0 Å². The first-order chi connectivity index (χ1) is 13.5. The van der Waals surface area contributed by atoms with Gasteiger partial charge >= 0.3 is 0 Å². The summed E-state index contributed by atoms with van der Waals surface area (Å²) in [4.78, 5) is 30.4. The third-order valence-corrected chi connectivity index (χ3v) is 4.48. The molecule has 0 saturated carbocycles. The van der Waals surface area contributed by atoms with Crippen LogP contribution in [-0.4, -0.2) is 15.6 Å². The van der Waals surface area contributed by atoms with Crippen molar-refractivity contribution in [2.75, 3.05) is 5.43 Å². The van der Waals surface area contributed by atoms with E-state index in [1.807, 2.05) is 19.1 Å². The quantitative estimate of drug-likeness (QED) is 0.592. The topological polar surface area (TPSA) is 64.0 Å². The first kappa shape index (κ1) is 17.6. The molecule has 6 heteroatoms. The number of amides is 1. The zero-order valence-electron chi connectivity index (χ0n) is 15.0. The molecule has 0 atom stereocenters. The van der Waals surface area contributed by atoms with Crippen molar-refractivity contribution in [2.45, 2.75) is 6.92 Å². The standard InChI is InChI=1S/C22H16FN3O2/c1-14-6-2-3-7-17(14)21(27)25-26-20(15-10-12-16(23)13-11-15)24-19-9-5-4-8-18(19)22(26)28/h2-13H,1H3,(H,25,27). The Morgan fingerprint density at radius 3 is 2.39 bits per heavy atom. The SMILES string of the molecule is Cc1ccccc1C(=O)Nn1c(-c2ccc(F)cc2)nc2ccccc2c1=O. The molecule has 0 aliphatic carbocycles. The van der Waals surface area contributed by atoms with Crippen LogP contribution >= 0.6 is 0 Å². The highest BCUT2D eigenvalue weighted by Crippen LogP contribution is 2.19. The summed E-state index contributed by atoms with van der Waals surface area (Å²) in [6, 6.07) is 19.6. The first-order valence-electron chi connectivity index (χ1n) is 8.69. The van der Waals surface area contributed by atoms with Crippen molar-refractivity contribution in [3.63, 3.8) is 0 Å². The second-order valence-electron chi connectivity index (χ2n) is 6.36. The summed E-state index contributed by atoms with van der Waals surface area (Å²) in [6.07, 6.45) is 0. The van der Waals surface area contributed by atoms with Crippen molar-refractivity contribution in [1.82, 2.24) is 9.66 Å². The van der Waals surface area contributed by atoms with Gasteiger partial charge in [0.25, 0.3) is 11.5 Å². The number of carbonyl (C=O) groups excluding carboxylic acids is 1. The minimum absolute atomic E-state index is 0.227. The van der Waals surface area contributed by atoms with E-state index in [1.165, 1.54) is 24.3 Å². The number of carbonyl (C=O) groups is 1. The smallest absolute Gasteiger partial charge is 0.267 e. The normalized spacial score (nSPS) is 10.8. The van der Waals surface area contributed by atoms with Crippen LogP contribution in [0.2, 0.25) is 0 Å². The number of benzene rings is 3. The van der Waals surface area contributed by atoms with Crippen LogP contribution in [0.15, 0.2) is 77.6 Å². The summed E-state index contributed by atoms with van der Waals surface area (Å²) in [5.74, 6) is -0.603. The van der Waals surface area contributed by atoms with E-state index in [2.05, 4.69) is 10.4 Å². The minimum Gasteiger partial charge on any atom is -0.267 e. The molecule has 138 valence electrons. The number of halogens is 1. The number of para-hydroxylation sites is 1. The maximum absolute atomic E-state index is 13.4. The van der Waals surface area contributed by atoms with Gasteiger partial charge in [-0.3, -0.25) is 15.0 Å². The fraction of sp³-hybridized carbons (Fsp3) is 0.0455. The Morgan fingerprint density at radius 2 is 1.64 bits per heavy atom. The zero-order chi connectivity index (χ0) is 19.7. The van der Waals surface area contributed by atoms with Crippen molar-refractivity contribution in [2.24, 2.45) is 0 Å². The predicted molar refractivity (Wildman–Crippen MR) is 106 cm³/mol. The summed E-state index contributed by atoms with van der Waals surface area (Å²) < 4.78 is 14.5. The van der Waals surface area contributed by atoms with Crippen molar-refractivity contribution >= 4 is 16.8 Å². The van der Waals surface area contributed by atoms with Crippen LogP contribution in [0.3, 0.4) is 0 Å². The Morgan fingerprint density at radius 1 is 0.964 bits per heavy atom. The molecule has 0 bridgehead atoms. The maximum Gasteiger partial charge on any atom is 0.280 e. The van der Waals surface area contributed by atoms with E-state index in [1.54, 1.807) is 36.4 Å². The number of nitrogens with one attached hydrogen (secondary N) is 1. The van der Waals surface area contributed by atoms with Crippen LogP contribution in [0.25, 0.3) is 22.3 Å². The molecule has 0 unspecified atom stereocenters. The molecule has 1 N–H and O–H groups in total. The lowest BCUT2D eigenvalue weighted by molar-refractivity contribution is 0.101. The van der Waals surface area contributed by atoms with E-state index in [0.29, 0.717) is 22.0 Å². The van der Waals surface area contributed by atoms with Gasteiger partial charge in [0, 0.05) is 11.1 Å². The highest BCUT2D eigenvalue weighted by molar-refractivity contribution is 6.01. The van der Waals surface area contributed by atoms with Crippen molar-refractivity contribution in [3.05, 3.63) is 100 Å². The van der Waals surface area contributed by atoms with E-state index < -0.39 is 17.3 Å². The number of aryl methyl sites for hydroxylation is 1. The van der Waals surface area contributed by atoms with Gasteiger partial charge < -0.3 is 0 Å². The third-order valence-electron chi connectivity index (χ3n) is 4.48. The van der Waals surface area contributed by atoms with Gasteiger partial charge in [-0.1, -0.05) is 30.3 Å². The summed E-state index contributed by atoms with van der Waals surface area (Å²) >= 11 is 0. The van der Waals surface area contributed by atoms with Crippen LogP contribution in [0, 0.1) is 12.7 Å². The number of nitrogens with zero attached hydrogens (tertiary/aromatic N) is 2. The fourth-order valence-electron chi connectivity index (χ4n) is 3.02. The molecule has 0 saturated heterocycles. The van der Waals surface area contributed by atoms with Crippen LogP contribution in [0.5, 0.6) is 0 Å². The van der Waals surface area contributed by atoms with Crippen molar-refractivity contribution in [1.29, 1.82) is 0 Å². The van der Waals surface area contributed by atoms with E-state index in [-0.39, 0.29) is 5.82 Å². The number of hydrogen-bond donors (Lipinski definition) is 1. The largest absolute Gasteiger partial charge is 0.280 e. The van der Waals surface area contributed by atoms with Gasteiger partial charge in [-0.05, 0) is 55.0 Å². The molecule has 0 aliphatic rings. The van der Waals surface area contributed by atoms with Gasteiger partial charge in [0.05, 0.1) is 10.9 Å². The van der Waals surface area contributed by atoms with Gasteiger partial charge in [-0.15, -0.1) is 0 Å². The van der Waals surface area contributed by atoms with Crippen molar-refractivity contribution < 1.29 is 9.18 Å². The third kappa shape index (κ3) is 3.16. The van der Waals surface area contributed by atoms with Crippen LogP contribution in [0.4, 0.5) is 4.39 Å². The lowest BCUT2D eigenvalue weighted by Crippen LogP contribution is -2.35. The first-order valence-corrected chi connectivity index (χ1v) is 8.69. The van der Waals surface area contributed by atoms with Gasteiger partial charge in [0.1, 0.15) is 5.82 Å². The Hall–Kier alpha value is -3.80. The molecule has 0 radical (unpaired) electrons. The molecule has 1 amide bonds. The molecule has 1 heterocycles. The van der Waals surface area contributed by atoms with Gasteiger partial charge in [-0.2, -0.15) is 4.68 Å². The highest BCUT2D eigenvalue weighted by Gasteiger charge is 2.16. The average molecular weight is 373 g/mol. The van der Waals surface area contributed by atoms with Crippen LogP contribution < -0.4 is 11.0 Å². The molecule has 4 aromatic rings. The molecule has 28 heavy (non-hydrogen) atoms. The molecule has 4 rings (SSSR count). The summed E-state index contributed by atoms with van der Waals surface area (Å²) in [5, 5.41) is 0.374. The van der Waals surface area contributed by atoms with Crippen molar-refractivity contribution in [3.8, 4) is 11.4 Å². The summed E-state index contributed by atoms with van der Waals surface area (Å²) in [6.45, 7) is 1.82. The number of hydrogen-bond acceptors (Lipinski definition) is 3. The Labute approximate surface area is 160 Å². The molecular weight excluding hydrogens is 357 g/mol. The molecule has 3 aromatic carbocycles. The minimum atomic E-state index is -0.430. The van der Waals surface area contributed by atoms with Crippen LogP contribution in [0.1, 0.15) is 15.9 Å². The summed E-state index contributed by atoms with van der Waals surface area (Å²) in [5.41, 5.74) is 4.48. The van der Waals surface area contributed by atoms with E-state index in [4.69, 9.17) is 0 Å². The monoisotopic (exact) mass is 373 g/mol. The predicted octanol–water partition coefficient (Wildman–Crippen LogP) is 3.89. The van der Waals surface area contributed by atoms with Crippen LogP contribution in [-0.2, 0) is 0 Å². The molecule has 0 aliphatic heterocycles. The van der Waals surface area contributed by atoms with Gasteiger partial charge in [0.15, 0.2) is 5.82 Å². The second kappa shape index (κ2) is 7.08. The Kier molecular flexibility index (Phi) is 4.45. The van der Waals surface area contributed by atoms with Gasteiger partial charge in [0.2, 0.25) is 0 Å². The van der Waals surface area contributed by atoms with E-state index in [0.717, 1.165) is 10.2 Å². The number of fused-ring (bicyclic) bond motifs is 1. The molecule has 5 nitrogen and oxygen atoms in total. The Balaban J connectivity index is 1.90. The molecular formula is C22H16FN3O2. The maximum atomic E-state index is 13.4. The molecule has 0 fully saturated rings. The highest BCUT2D eigenvalue weighted by atomic mass is 19.1. The zero-order valence-corrected chi connectivity index (χ0v) is 15.0. The summed E-state index contributed by atoms with van der Waals surface area (Å²) in [7, 11) is 0. The fourth-order valence-corrected chi connectivity index (χ4v) is 3.02. The lowest BCUT2D eigenvalue weighted by atomic mass is 10.1. The number of aromatic nitrogens is 2. The lowest BCUT2D eigenvalue weighted by Gasteiger charge is -2.15. The Bertz CT molecular complexity index is 1250. The number of rotatable bonds is 3. The van der Waals surface area contributed by atoms with Gasteiger partial charge in [-0.25, -0.2) is 9.37 Å².